The lowest BCUT2D eigenvalue weighted by molar-refractivity contribution is -0.630. The molecule has 0 fully saturated rings. The SMILES string of the molecule is CCC[N+](CCCNc1cc(C=C2Sc3cccc4c3N2CCC4)c2ccccc2[n+]1C)=C(N)N. The number of nitrogens with two attached hydrogens (primary N) is 2. The molecule has 0 saturated carbocycles. The number of pyridine rings is 1. The zero-order valence-electron chi connectivity index (χ0n) is 20.8. The van der Waals surface area contributed by atoms with Gasteiger partial charge in [0.15, 0.2) is 0 Å². The Bertz CT molecular complexity index is 1310. The van der Waals surface area contributed by atoms with Crippen molar-refractivity contribution in [2.24, 2.45) is 18.5 Å². The highest BCUT2D eigenvalue weighted by Gasteiger charge is 2.30. The van der Waals surface area contributed by atoms with Gasteiger partial charge in [-0.3, -0.25) is 21.4 Å². The van der Waals surface area contributed by atoms with Gasteiger partial charge in [-0.15, -0.1) is 0 Å². The molecule has 0 amide bonds. The van der Waals surface area contributed by atoms with Crippen molar-refractivity contribution >= 4 is 46.2 Å². The third-order valence-electron chi connectivity index (χ3n) is 6.94. The van der Waals surface area contributed by atoms with E-state index in [0.29, 0.717) is 5.96 Å². The van der Waals surface area contributed by atoms with Crippen molar-refractivity contribution in [2.75, 3.05) is 36.4 Å². The Morgan fingerprint density at radius 2 is 2.03 bits per heavy atom. The van der Waals surface area contributed by atoms with Gasteiger partial charge in [0, 0.05) is 29.3 Å². The van der Waals surface area contributed by atoms with Gasteiger partial charge >= 0.3 is 5.96 Å². The molecule has 5 rings (SSSR count). The van der Waals surface area contributed by atoms with Gasteiger partial charge in [0.05, 0.1) is 37.4 Å². The molecular weight excluding hydrogens is 452 g/mol. The van der Waals surface area contributed by atoms with Gasteiger partial charge in [-0.1, -0.05) is 49.0 Å². The number of guanidine groups is 1. The summed E-state index contributed by atoms with van der Waals surface area (Å²) < 4.78 is 4.31. The summed E-state index contributed by atoms with van der Waals surface area (Å²) in [5.74, 6) is 1.52. The molecule has 0 unspecified atom stereocenters. The largest absolute Gasteiger partial charge is 0.341 e. The van der Waals surface area contributed by atoms with E-state index in [0.717, 1.165) is 44.8 Å². The molecule has 0 bridgehead atoms. The first-order valence-corrected chi connectivity index (χ1v) is 13.5. The van der Waals surface area contributed by atoms with Crippen LogP contribution in [0.25, 0.3) is 17.0 Å². The molecular formula is C28H36N6S+2. The predicted molar refractivity (Wildman–Crippen MR) is 148 cm³/mol. The molecule has 2 aliphatic rings. The van der Waals surface area contributed by atoms with Crippen LogP contribution in [0.1, 0.15) is 37.3 Å². The standard InChI is InChI=1S/C28H34N6S/c1-3-15-33(28(29)30)16-8-14-31-25-18-21(22-11-4-5-12-23(22)32(25)2)19-26-34-17-7-10-20-9-6-13-24(35-26)27(20)34/h4-6,9,11-13,18-19H,3,7-8,10,14-17H2,1-2H3,(H3,29,30)/p+2. The van der Waals surface area contributed by atoms with Crippen molar-refractivity contribution in [1.29, 1.82) is 0 Å². The predicted octanol–water partition coefficient (Wildman–Crippen LogP) is 4.02. The Morgan fingerprint density at radius 1 is 1.17 bits per heavy atom. The summed E-state index contributed by atoms with van der Waals surface area (Å²) in [6.45, 7) is 5.82. The van der Waals surface area contributed by atoms with Gasteiger partial charge in [-0.25, -0.2) is 4.57 Å². The summed E-state index contributed by atoms with van der Waals surface area (Å²) in [5, 5.41) is 6.25. The van der Waals surface area contributed by atoms with Crippen LogP contribution in [-0.4, -0.2) is 36.7 Å². The summed E-state index contributed by atoms with van der Waals surface area (Å²) in [4.78, 5) is 3.90. The van der Waals surface area contributed by atoms with Crippen LogP contribution in [0.5, 0.6) is 0 Å². The molecule has 5 N–H and O–H groups in total. The molecule has 182 valence electrons. The van der Waals surface area contributed by atoms with Crippen molar-refractivity contribution in [3.05, 3.63) is 64.7 Å². The van der Waals surface area contributed by atoms with E-state index >= 15 is 0 Å². The Hall–Kier alpha value is -3.19. The number of anilines is 2. The van der Waals surface area contributed by atoms with Crippen LogP contribution in [0.2, 0.25) is 0 Å². The first-order chi connectivity index (χ1) is 17.1. The lowest BCUT2D eigenvalue weighted by Crippen LogP contribution is -2.37. The molecule has 2 aromatic carbocycles. The minimum atomic E-state index is 0.410. The van der Waals surface area contributed by atoms with E-state index in [2.05, 4.69) is 87.9 Å². The van der Waals surface area contributed by atoms with Crippen molar-refractivity contribution in [2.45, 2.75) is 37.5 Å². The number of hydrogen-bond donors (Lipinski definition) is 3. The van der Waals surface area contributed by atoms with Crippen LogP contribution in [0.3, 0.4) is 0 Å². The van der Waals surface area contributed by atoms with Crippen LogP contribution in [0.4, 0.5) is 11.5 Å². The van der Waals surface area contributed by atoms with E-state index in [1.54, 1.807) is 0 Å². The zero-order valence-corrected chi connectivity index (χ0v) is 21.6. The quantitative estimate of drug-likeness (QED) is 0.193. The van der Waals surface area contributed by atoms with Crippen LogP contribution in [0, 0.1) is 0 Å². The minimum Gasteiger partial charge on any atom is -0.335 e. The molecule has 0 saturated heterocycles. The zero-order chi connectivity index (χ0) is 24.4. The second-order valence-electron chi connectivity index (χ2n) is 9.36. The number of nitrogens with one attached hydrogen (secondary N) is 1. The van der Waals surface area contributed by atoms with Crippen molar-refractivity contribution in [1.82, 2.24) is 0 Å². The number of thioether (sulfide) groups is 1. The van der Waals surface area contributed by atoms with Crippen LogP contribution < -0.4 is 26.3 Å². The smallest absolute Gasteiger partial charge is 0.335 e. The van der Waals surface area contributed by atoms with Crippen LogP contribution >= 0.6 is 11.8 Å². The molecule has 7 heteroatoms. The maximum absolute atomic E-state index is 5.85. The maximum Gasteiger partial charge on any atom is 0.341 e. The highest BCUT2D eigenvalue weighted by Crippen LogP contribution is 2.50. The molecule has 2 aliphatic heterocycles. The summed E-state index contributed by atoms with van der Waals surface area (Å²) in [6, 6.07) is 17.7. The maximum atomic E-state index is 5.85. The molecule has 0 radical (unpaired) electrons. The lowest BCUT2D eigenvalue weighted by Gasteiger charge is -2.27. The summed E-state index contributed by atoms with van der Waals surface area (Å²) in [6.07, 6.45) is 6.74. The topological polar surface area (TPSA) is 74.2 Å². The molecule has 1 aromatic heterocycles. The number of fused-ring (bicyclic) bond motifs is 1. The number of nitrogens with zero attached hydrogens (tertiary/aromatic N) is 3. The molecule has 6 nitrogen and oxygen atoms in total. The third-order valence-corrected chi connectivity index (χ3v) is 8.04. The lowest BCUT2D eigenvalue weighted by atomic mass is 10.0. The monoisotopic (exact) mass is 488 g/mol. The van der Waals surface area contributed by atoms with Crippen LogP contribution in [0.15, 0.2) is 58.5 Å². The van der Waals surface area contributed by atoms with E-state index in [1.807, 2.05) is 11.8 Å². The molecule has 3 aromatic rings. The van der Waals surface area contributed by atoms with Gasteiger partial charge in [0.2, 0.25) is 0 Å². The molecule has 0 atom stereocenters. The second kappa shape index (κ2) is 10.2. The molecule has 0 aliphatic carbocycles. The number of aromatic nitrogens is 1. The minimum absolute atomic E-state index is 0.410. The van der Waals surface area contributed by atoms with E-state index in [1.165, 1.54) is 50.5 Å². The van der Waals surface area contributed by atoms with Crippen molar-refractivity contribution in [3.63, 3.8) is 0 Å². The number of benzene rings is 2. The van der Waals surface area contributed by atoms with Crippen LogP contribution in [-0.2, 0) is 13.5 Å². The van der Waals surface area contributed by atoms with Gasteiger partial charge < -0.3 is 4.90 Å². The number of aryl methyl sites for hydroxylation is 2. The molecule has 0 spiro atoms. The molecule has 3 heterocycles. The Balaban J connectivity index is 1.43. The van der Waals surface area contributed by atoms with E-state index in [9.17, 15) is 0 Å². The van der Waals surface area contributed by atoms with Gasteiger partial charge in [0.1, 0.15) is 5.52 Å². The first-order valence-electron chi connectivity index (χ1n) is 12.6. The number of para-hydroxylation sites is 2. The second-order valence-corrected chi connectivity index (χ2v) is 10.4. The van der Waals surface area contributed by atoms with Gasteiger partial charge in [-0.2, -0.15) is 0 Å². The van der Waals surface area contributed by atoms with Crippen molar-refractivity contribution in [3.8, 4) is 0 Å². The Labute approximate surface area is 212 Å². The van der Waals surface area contributed by atoms with E-state index in [4.69, 9.17) is 11.5 Å². The third kappa shape index (κ3) is 4.69. The fourth-order valence-corrected chi connectivity index (χ4v) is 6.39. The average Bonchev–Trinajstić information content (AvgIpc) is 3.22. The van der Waals surface area contributed by atoms with Gasteiger partial charge in [0.25, 0.3) is 5.82 Å². The summed E-state index contributed by atoms with van der Waals surface area (Å²) >= 11 is 1.90. The fourth-order valence-electron chi connectivity index (χ4n) is 5.20. The van der Waals surface area contributed by atoms with E-state index < -0.39 is 0 Å². The molecule has 35 heavy (non-hydrogen) atoms. The van der Waals surface area contributed by atoms with Crippen molar-refractivity contribution < 1.29 is 9.14 Å². The average molecular weight is 489 g/mol. The van der Waals surface area contributed by atoms with E-state index in [-0.39, 0.29) is 0 Å². The highest BCUT2D eigenvalue weighted by molar-refractivity contribution is 8.03. The highest BCUT2D eigenvalue weighted by atomic mass is 32.2. The summed E-state index contributed by atoms with van der Waals surface area (Å²) in [5.41, 5.74) is 17.1. The Morgan fingerprint density at radius 3 is 2.86 bits per heavy atom. The normalized spacial score (nSPS) is 15.5. The Kier molecular flexibility index (Phi) is 6.86. The first kappa shape index (κ1) is 23.5. The number of hydrogen-bond acceptors (Lipinski definition) is 3. The summed E-state index contributed by atoms with van der Waals surface area (Å²) in [7, 11) is 2.13. The number of rotatable bonds is 8. The van der Waals surface area contributed by atoms with Gasteiger partial charge in [-0.05, 0) is 48.6 Å². The fraction of sp³-hybridized carbons (Fsp3) is 0.357.